The molecule has 2 heterocycles. The zero-order valence-corrected chi connectivity index (χ0v) is 17.2. The zero-order chi connectivity index (χ0) is 21.7. The number of aromatic nitrogens is 4. The second kappa shape index (κ2) is 9.21. The van der Waals surface area contributed by atoms with Gasteiger partial charge in [-0.05, 0) is 23.6 Å². The molecule has 0 unspecified atom stereocenters. The van der Waals surface area contributed by atoms with Gasteiger partial charge < -0.3 is 19.5 Å². The van der Waals surface area contributed by atoms with Crippen molar-refractivity contribution in [2.75, 3.05) is 20.8 Å². The van der Waals surface area contributed by atoms with E-state index >= 15 is 0 Å². The molecule has 0 fully saturated rings. The Morgan fingerprint density at radius 1 is 1.13 bits per heavy atom. The summed E-state index contributed by atoms with van der Waals surface area (Å²) in [5.74, 6) is 0.443. The number of carbonyl (C=O) groups is 2. The SMILES string of the molecule is COc1ccc(CNC(=O)COC(=O)c2cnc3ncnn3c2C(C)C)cc1OC. The van der Waals surface area contributed by atoms with Gasteiger partial charge in [0, 0.05) is 12.7 Å². The van der Waals surface area contributed by atoms with Gasteiger partial charge in [0.2, 0.25) is 0 Å². The van der Waals surface area contributed by atoms with E-state index in [1.54, 1.807) is 19.2 Å². The molecule has 0 saturated heterocycles. The minimum Gasteiger partial charge on any atom is -0.493 e. The number of ether oxygens (including phenoxy) is 3. The molecule has 1 amide bonds. The number of carbonyl (C=O) groups excluding carboxylic acids is 2. The molecule has 1 N–H and O–H groups in total. The Hall–Kier alpha value is -3.69. The Morgan fingerprint density at radius 3 is 2.60 bits per heavy atom. The van der Waals surface area contributed by atoms with E-state index in [-0.39, 0.29) is 18.0 Å². The van der Waals surface area contributed by atoms with E-state index in [1.165, 1.54) is 24.1 Å². The highest BCUT2D eigenvalue weighted by Crippen LogP contribution is 2.27. The molecule has 0 spiro atoms. The summed E-state index contributed by atoms with van der Waals surface area (Å²) in [5.41, 5.74) is 1.68. The third-order valence-electron chi connectivity index (χ3n) is 4.38. The van der Waals surface area contributed by atoms with Crippen molar-refractivity contribution in [1.82, 2.24) is 24.9 Å². The van der Waals surface area contributed by atoms with Crippen LogP contribution in [-0.4, -0.2) is 52.3 Å². The number of fused-ring (bicyclic) bond motifs is 1. The number of rotatable bonds is 8. The van der Waals surface area contributed by atoms with Crippen LogP contribution in [0.15, 0.2) is 30.7 Å². The largest absolute Gasteiger partial charge is 0.493 e. The van der Waals surface area contributed by atoms with Gasteiger partial charge in [0.15, 0.2) is 18.1 Å². The van der Waals surface area contributed by atoms with Crippen LogP contribution in [0.1, 0.15) is 41.4 Å². The lowest BCUT2D eigenvalue weighted by atomic mass is 10.1. The number of benzene rings is 1. The molecule has 0 saturated carbocycles. The summed E-state index contributed by atoms with van der Waals surface area (Å²) in [6.45, 7) is 3.67. The molecule has 3 rings (SSSR count). The number of esters is 1. The van der Waals surface area contributed by atoms with Crippen molar-refractivity contribution in [2.24, 2.45) is 0 Å². The van der Waals surface area contributed by atoms with Crippen molar-refractivity contribution in [2.45, 2.75) is 26.3 Å². The van der Waals surface area contributed by atoms with Crippen molar-refractivity contribution >= 4 is 17.7 Å². The Labute approximate surface area is 173 Å². The maximum absolute atomic E-state index is 12.5. The second-order valence-electron chi connectivity index (χ2n) is 6.73. The van der Waals surface area contributed by atoms with E-state index in [0.29, 0.717) is 23.0 Å². The molecule has 30 heavy (non-hydrogen) atoms. The molecule has 158 valence electrons. The second-order valence-corrected chi connectivity index (χ2v) is 6.73. The third kappa shape index (κ3) is 4.48. The molecule has 0 aliphatic carbocycles. The van der Waals surface area contributed by atoms with Crippen molar-refractivity contribution in [3.05, 3.63) is 47.5 Å². The Balaban J connectivity index is 1.61. The number of hydrogen-bond acceptors (Lipinski definition) is 8. The first-order valence-electron chi connectivity index (χ1n) is 9.28. The number of methoxy groups -OCH3 is 2. The fourth-order valence-corrected chi connectivity index (χ4v) is 2.96. The van der Waals surface area contributed by atoms with Crippen LogP contribution in [0.5, 0.6) is 11.5 Å². The average molecular weight is 413 g/mol. The summed E-state index contributed by atoms with van der Waals surface area (Å²) in [6.07, 6.45) is 2.76. The van der Waals surface area contributed by atoms with E-state index in [4.69, 9.17) is 14.2 Å². The van der Waals surface area contributed by atoms with Gasteiger partial charge in [-0.25, -0.2) is 14.3 Å². The lowest BCUT2D eigenvalue weighted by Crippen LogP contribution is -2.28. The van der Waals surface area contributed by atoms with Crippen LogP contribution in [0, 0.1) is 0 Å². The van der Waals surface area contributed by atoms with Gasteiger partial charge in [0.25, 0.3) is 11.7 Å². The molecular weight excluding hydrogens is 390 g/mol. The van der Waals surface area contributed by atoms with Gasteiger partial charge in [0.05, 0.1) is 25.5 Å². The molecule has 0 aliphatic heterocycles. The van der Waals surface area contributed by atoms with Crippen LogP contribution in [-0.2, 0) is 16.1 Å². The van der Waals surface area contributed by atoms with Gasteiger partial charge in [-0.15, -0.1) is 0 Å². The average Bonchev–Trinajstić information content (AvgIpc) is 3.23. The first kappa shape index (κ1) is 21.0. The molecule has 0 aliphatic rings. The first-order valence-corrected chi connectivity index (χ1v) is 9.28. The zero-order valence-electron chi connectivity index (χ0n) is 17.2. The quantitative estimate of drug-likeness (QED) is 0.555. The van der Waals surface area contributed by atoms with E-state index in [2.05, 4.69) is 20.4 Å². The highest BCUT2D eigenvalue weighted by atomic mass is 16.5. The summed E-state index contributed by atoms with van der Waals surface area (Å²) in [6, 6.07) is 5.32. The van der Waals surface area contributed by atoms with Gasteiger partial charge in [-0.3, -0.25) is 4.79 Å². The van der Waals surface area contributed by atoms with Crippen LogP contribution in [0.3, 0.4) is 0 Å². The van der Waals surface area contributed by atoms with Crippen molar-refractivity contribution in [1.29, 1.82) is 0 Å². The fraction of sp³-hybridized carbons (Fsp3) is 0.350. The van der Waals surface area contributed by atoms with Gasteiger partial charge in [0.1, 0.15) is 6.33 Å². The van der Waals surface area contributed by atoms with Crippen LogP contribution in [0.4, 0.5) is 0 Å². The molecule has 10 nitrogen and oxygen atoms in total. The van der Waals surface area contributed by atoms with Gasteiger partial charge in [-0.2, -0.15) is 10.1 Å². The van der Waals surface area contributed by atoms with Crippen LogP contribution < -0.4 is 14.8 Å². The molecule has 3 aromatic rings. The Kier molecular flexibility index (Phi) is 6.45. The van der Waals surface area contributed by atoms with Crippen LogP contribution >= 0.6 is 0 Å². The molecule has 0 atom stereocenters. The highest BCUT2D eigenvalue weighted by Gasteiger charge is 2.21. The Morgan fingerprint density at radius 2 is 1.90 bits per heavy atom. The maximum Gasteiger partial charge on any atom is 0.342 e. The minimum absolute atomic E-state index is 0.0290. The molecule has 2 aromatic heterocycles. The van der Waals surface area contributed by atoms with Crippen LogP contribution in [0.2, 0.25) is 0 Å². The standard InChI is InChI=1S/C20H23N5O5/c1-12(2)18-14(9-22-20-23-11-24-25(18)20)19(27)30-10-17(26)21-8-13-5-6-15(28-3)16(7-13)29-4/h5-7,9,11-12H,8,10H2,1-4H3,(H,21,26). The Bertz CT molecular complexity index is 1060. The molecular formula is C20H23N5O5. The summed E-state index contributed by atoms with van der Waals surface area (Å²) in [4.78, 5) is 32.8. The summed E-state index contributed by atoms with van der Waals surface area (Å²) < 4.78 is 17.1. The lowest BCUT2D eigenvalue weighted by molar-refractivity contribution is -0.124. The predicted octanol–water partition coefficient (Wildman–Crippen LogP) is 1.74. The lowest BCUT2D eigenvalue weighted by Gasteiger charge is -2.13. The molecule has 0 bridgehead atoms. The summed E-state index contributed by atoms with van der Waals surface area (Å²) in [5, 5.41) is 6.81. The summed E-state index contributed by atoms with van der Waals surface area (Å²) in [7, 11) is 3.09. The third-order valence-corrected chi connectivity index (χ3v) is 4.38. The number of nitrogens with zero attached hydrogens (tertiary/aromatic N) is 4. The van der Waals surface area contributed by atoms with Crippen molar-refractivity contribution in [3.63, 3.8) is 0 Å². The van der Waals surface area contributed by atoms with E-state index < -0.39 is 18.5 Å². The molecule has 0 radical (unpaired) electrons. The number of nitrogens with one attached hydrogen (secondary N) is 1. The molecule has 10 heteroatoms. The number of hydrogen-bond donors (Lipinski definition) is 1. The van der Waals surface area contributed by atoms with E-state index in [0.717, 1.165) is 5.56 Å². The van der Waals surface area contributed by atoms with Crippen LogP contribution in [0.25, 0.3) is 5.78 Å². The monoisotopic (exact) mass is 413 g/mol. The first-order chi connectivity index (χ1) is 14.4. The van der Waals surface area contributed by atoms with E-state index in [1.807, 2.05) is 19.9 Å². The van der Waals surface area contributed by atoms with E-state index in [9.17, 15) is 9.59 Å². The fourth-order valence-electron chi connectivity index (χ4n) is 2.96. The number of amides is 1. The van der Waals surface area contributed by atoms with Crippen molar-refractivity contribution < 1.29 is 23.8 Å². The normalized spacial score (nSPS) is 10.8. The molecule has 1 aromatic carbocycles. The smallest absolute Gasteiger partial charge is 0.342 e. The minimum atomic E-state index is -0.648. The van der Waals surface area contributed by atoms with Crippen molar-refractivity contribution in [3.8, 4) is 11.5 Å². The highest BCUT2D eigenvalue weighted by molar-refractivity contribution is 5.92. The maximum atomic E-state index is 12.5. The summed E-state index contributed by atoms with van der Waals surface area (Å²) >= 11 is 0. The van der Waals surface area contributed by atoms with Gasteiger partial charge in [-0.1, -0.05) is 19.9 Å². The predicted molar refractivity (Wildman–Crippen MR) is 107 cm³/mol. The van der Waals surface area contributed by atoms with Gasteiger partial charge >= 0.3 is 5.97 Å². The topological polar surface area (TPSA) is 117 Å².